The summed E-state index contributed by atoms with van der Waals surface area (Å²) >= 11 is 0. The van der Waals surface area contributed by atoms with Gasteiger partial charge in [-0.15, -0.1) is 0 Å². The first-order valence-corrected chi connectivity index (χ1v) is 8.20. The van der Waals surface area contributed by atoms with Gasteiger partial charge >= 0.3 is 0 Å². The van der Waals surface area contributed by atoms with Crippen LogP contribution in [0.5, 0.6) is 0 Å². The van der Waals surface area contributed by atoms with E-state index in [-0.39, 0.29) is 0 Å². The molecule has 0 heterocycles. The van der Waals surface area contributed by atoms with Gasteiger partial charge in [-0.3, -0.25) is 0 Å². The van der Waals surface area contributed by atoms with E-state index < -0.39 is 0 Å². The van der Waals surface area contributed by atoms with Gasteiger partial charge in [0.2, 0.25) is 0 Å². The molecule has 0 aromatic heterocycles. The molecule has 1 nitrogen and oxygen atoms in total. The first-order valence-electron chi connectivity index (χ1n) is 8.20. The van der Waals surface area contributed by atoms with Gasteiger partial charge in [-0.1, -0.05) is 44.9 Å². The molecular weight excluding hydrogens is 242 g/mol. The summed E-state index contributed by atoms with van der Waals surface area (Å²) in [5.74, 6) is 0.883. The minimum absolute atomic E-state index is 0.467. The van der Waals surface area contributed by atoms with E-state index in [0.29, 0.717) is 11.5 Å². The van der Waals surface area contributed by atoms with Crippen molar-refractivity contribution in [1.29, 1.82) is 0 Å². The predicted octanol–water partition coefficient (Wildman–Crippen LogP) is 5.71. The average molecular weight is 273 g/mol. The molecule has 0 radical (unpaired) electrons. The van der Waals surface area contributed by atoms with E-state index in [2.05, 4.69) is 58.1 Å². The maximum Gasteiger partial charge on any atom is 0.0372 e. The molecule has 0 saturated heterocycles. The lowest BCUT2D eigenvalue weighted by molar-refractivity contribution is 0.214. The molecule has 0 bridgehead atoms. The number of rotatable bonds is 2. The van der Waals surface area contributed by atoms with Crippen molar-refractivity contribution in [3.8, 4) is 0 Å². The zero-order valence-electron chi connectivity index (χ0n) is 13.9. The molecular formula is C19H31N. The van der Waals surface area contributed by atoms with Crippen molar-refractivity contribution in [2.75, 3.05) is 5.32 Å². The van der Waals surface area contributed by atoms with Crippen LogP contribution in [0.1, 0.15) is 64.0 Å². The van der Waals surface area contributed by atoms with Crippen molar-refractivity contribution in [2.45, 2.75) is 72.8 Å². The molecule has 112 valence electrons. The number of hydrogen-bond donors (Lipinski definition) is 1. The smallest absolute Gasteiger partial charge is 0.0372 e. The van der Waals surface area contributed by atoms with E-state index in [9.17, 15) is 0 Å². The van der Waals surface area contributed by atoms with Crippen molar-refractivity contribution >= 4 is 5.69 Å². The molecule has 1 aliphatic rings. The highest BCUT2D eigenvalue weighted by Crippen LogP contribution is 2.37. The molecule has 1 aromatic carbocycles. The summed E-state index contributed by atoms with van der Waals surface area (Å²) in [4.78, 5) is 0. The summed E-state index contributed by atoms with van der Waals surface area (Å²) in [5, 5.41) is 3.79. The molecule has 1 aromatic rings. The Morgan fingerprint density at radius 1 is 1.00 bits per heavy atom. The van der Waals surface area contributed by atoms with Crippen LogP contribution in [-0.2, 0) is 0 Å². The monoisotopic (exact) mass is 273 g/mol. The summed E-state index contributed by atoms with van der Waals surface area (Å²) in [6.45, 7) is 11.6. The summed E-state index contributed by atoms with van der Waals surface area (Å²) in [5.41, 5.74) is 4.52. The summed E-state index contributed by atoms with van der Waals surface area (Å²) in [6.07, 6.45) is 6.76. The molecule has 1 N–H and O–H groups in total. The standard InChI is InChI=1S/C19H31N/c1-14-9-12-18(15(2)13-14)20-17-8-6-7-16(10-11-17)19(3,4)5/h9,12-13,16-17,20H,6-8,10-11H2,1-5H3. The normalized spacial score (nSPS) is 24.2. The van der Waals surface area contributed by atoms with Gasteiger partial charge in [0.15, 0.2) is 0 Å². The van der Waals surface area contributed by atoms with E-state index in [0.717, 1.165) is 5.92 Å². The summed E-state index contributed by atoms with van der Waals surface area (Å²) in [7, 11) is 0. The van der Waals surface area contributed by atoms with Gasteiger partial charge in [-0.05, 0) is 62.5 Å². The van der Waals surface area contributed by atoms with Crippen molar-refractivity contribution in [2.24, 2.45) is 11.3 Å². The van der Waals surface area contributed by atoms with E-state index in [1.165, 1.54) is 48.9 Å². The van der Waals surface area contributed by atoms with Gasteiger partial charge < -0.3 is 5.32 Å². The van der Waals surface area contributed by atoms with Crippen LogP contribution in [0.4, 0.5) is 5.69 Å². The highest BCUT2D eigenvalue weighted by molar-refractivity contribution is 5.52. The Morgan fingerprint density at radius 3 is 2.40 bits per heavy atom. The zero-order chi connectivity index (χ0) is 14.8. The van der Waals surface area contributed by atoms with E-state index in [4.69, 9.17) is 0 Å². The van der Waals surface area contributed by atoms with Crippen LogP contribution in [-0.4, -0.2) is 6.04 Å². The van der Waals surface area contributed by atoms with E-state index >= 15 is 0 Å². The molecule has 0 aliphatic heterocycles. The fourth-order valence-corrected chi connectivity index (χ4v) is 3.51. The third-order valence-electron chi connectivity index (χ3n) is 4.94. The topological polar surface area (TPSA) is 12.0 Å². The van der Waals surface area contributed by atoms with Crippen LogP contribution in [0.15, 0.2) is 18.2 Å². The van der Waals surface area contributed by atoms with Crippen LogP contribution in [0.25, 0.3) is 0 Å². The third kappa shape index (κ3) is 4.01. The van der Waals surface area contributed by atoms with Crippen LogP contribution < -0.4 is 5.32 Å². The van der Waals surface area contributed by atoms with Gasteiger partial charge in [0.05, 0.1) is 0 Å². The maximum absolute atomic E-state index is 3.79. The van der Waals surface area contributed by atoms with Crippen LogP contribution in [0, 0.1) is 25.2 Å². The van der Waals surface area contributed by atoms with Gasteiger partial charge in [0, 0.05) is 11.7 Å². The molecule has 2 unspecified atom stereocenters. The largest absolute Gasteiger partial charge is 0.382 e. The Hall–Kier alpha value is -0.980. The van der Waals surface area contributed by atoms with Crippen LogP contribution in [0.3, 0.4) is 0 Å². The second-order valence-electron chi connectivity index (χ2n) is 7.73. The van der Waals surface area contributed by atoms with E-state index in [1.54, 1.807) is 0 Å². The molecule has 20 heavy (non-hydrogen) atoms. The fraction of sp³-hybridized carbons (Fsp3) is 0.684. The molecule has 1 saturated carbocycles. The molecule has 2 atom stereocenters. The third-order valence-corrected chi connectivity index (χ3v) is 4.94. The van der Waals surface area contributed by atoms with Crippen LogP contribution >= 0.6 is 0 Å². The SMILES string of the molecule is Cc1ccc(NC2CCCC(C(C)(C)C)CC2)c(C)c1. The summed E-state index contributed by atoms with van der Waals surface area (Å²) < 4.78 is 0. The molecule has 0 spiro atoms. The zero-order valence-corrected chi connectivity index (χ0v) is 13.9. The molecule has 2 rings (SSSR count). The number of benzene rings is 1. The predicted molar refractivity (Wildman–Crippen MR) is 89.4 cm³/mol. The van der Waals surface area contributed by atoms with Gasteiger partial charge in [0.1, 0.15) is 0 Å². The van der Waals surface area contributed by atoms with Crippen molar-refractivity contribution < 1.29 is 0 Å². The lowest BCUT2D eigenvalue weighted by Crippen LogP contribution is -2.22. The second-order valence-corrected chi connectivity index (χ2v) is 7.73. The number of hydrogen-bond acceptors (Lipinski definition) is 1. The highest BCUT2D eigenvalue weighted by atomic mass is 14.9. The Bertz CT molecular complexity index is 442. The average Bonchev–Trinajstić information content (AvgIpc) is 2.58. The molecule has 1 heteroatoms. The van der Waals surface area contributed by atoms with Gasteiger partial charge in [-0.2, -0.15) is 0 Å². The van der Waals surface area contributed by atoms with Gasteiger partial charge in [0.25, 0.3) is 0 Å². The Labute approximate surface area is 125 Å². The quantitative estimate of drug-likeness (QED) is 0.680. The number of nitrogens with one attached hydrogen (secondary N) is 1. The van der Waals surface area contributed by atoms with Crippen molar-refractivity contribution in [3.63, 3.8) is 0 Å². The number of aryl methyl sites for hydroxylation is 2. The lowest BCUT2D eigenvalue weighted by atomic mass is 9.76. The van der Waals surface area contributed by atoms with Gasteiger partial charge in [-0.25, -0.2) is 0 Å². The molecule has 1 aliphatic carbocycles. The molecule has 1 fully saturated rings. The Kier molecular flexibility index (Phi) is 4.78. The number of anilines is 1. The lowest BCUT2D eigenvalue weighted by Gasteiger charge is -2.29. The minimum Gasteiger partial charge on any atom is -0.382 e. The van der Waals surface area contributed by atoms with Crippen molar-refractivity contribution in [1.82, 2.24) is 0 Å². The van der Waals surface area contributed by atoms with Crippen LogP contribution in [0.2, 0.25) is 0 Å². The Morgan fingerprint density at radius 2 is 1.75 bits per heavy atom. The minimum atomic E-state index is 0.467. The maximum atomic E-state index is 3.79. The first kappa shape index (κ1) is 15.4. The summed E-state index contributed by atoms with van der Waals surface area (Å²) in [6, 6.07) is 7.39. The molecule has 0 amide bonds. The van der Waals surface area contributed by atoms with E-state index in [1.807, 2.05) is 0 Å². The first-order chi connectivity index (χ1) is 9.36. The Balaban J connectivity index is 1.97. The highest BCUT2D eigenvalue weighted by Gasteiger charge is 2.27. The fourth-order valence-electron chi connectivity index (χ4n) is 3.51. The van der Waals surface area contributed by atoms with Crippen molar-refractivity contribution in [3.05, 3.63) is 29.3 Å². The second kappa shape index (κ2) is 6.20.